The van der Waals surface area contributed by atoms with Gasteiger partial charge in [0.05, 0.1) is 6.42 Å². The fourth-order valence-corrected chi connectivity index (χ4v) is 2.38. The lowest BCUT2D eigenvalue weighted by atomic mass is 10.1. The van der Waals surface area contributed by atoms with Crippen LogP contribution in [-0.2, 0) is 4.79 Å². The van der Waals surface area contributed by atoms with Gasteiger partial charge in [0.25, 0.3) is 5.91 Å². The van der Waals surface area contributed by atoms with Gasteiger partial charge in [-0.1, -0.05) is 29.8 Å². The van der Waals surface area contributed by atoms with Crippen molar-refractivity contribution in [2.45, 2.75) is 27.2 Å². The largest absolute Gasteiger partial charge is 0.326 e. The Bertz CT molecular complexity index is 831. The SMILES string of the molecule is C/C(CC(=O)Nc1cccc(C)c1C)=N/NC(=O)c1cccc(Cl)c1. The number of benzene rings is 2. The van der Waals surface area contributed by atoms with Crippen molar-refractivity contribution < 1.29 is 9.59 Å². The molecule has 0 aromatic heterocycles. The topological polar surface area (TPSA) is 70.6 Å². The predicted molar refractivity (Wildman–Crippen MR) is 101 cm³/mol. The van der Waals surface area contributed by atoms with Crippen molar-refractivity contribution in [1.82, 2.24) is 5.43 Å². The quantitative estimate of drug-likeness (QED) is 0.625. The molecule has 0 heterocycles. The third kappa shape index (κ3) is 5.43. The fraction of sp³-hybridized carbons (Fsp3) is 0.211. The summed E-state index contributed by atoms with van der Waals surface area (Å²) in [7, 11) is 0. The van der Waals surface area contributed by atoms with Crippen LogP contribution in [-0.4, -0.2) is 17.5 Å². The number of carbonyl (C=O) groups excluding carboxylic acids is 2. The molecule has 0 saturated heterocycles. The second-order valence-electron chi connectivity index (χ2n) is 5.77. The molecule has 0 bridgehead atoms. The fourth-order valence-electron chi connectivity index (χ4n) is 2.19. The molecule has 6 heteroatoms. The second-order valence-corrected chi connectivity index (χ2v) is 6.21. The number of nitrogens with one attached hydrogen (secondary N) is 2. The number of rotatable bonds is 5. The average molecular weight is 358 g/mol. The maximum Gasteiger partial charge on any atom is 0.271 e. The normalized spacial score (nSPS) is 11.1. The zero-order chi connectivity index (χ0) is 18.4. The van der Waals surface area contributed by atoms with Crippen molar-refractivity contribution in [3.8, 4) is 0 Å². The van der Waals surface area contributed by atoms with Gasteiger partial charge in [-0.15, -0.1) is 0 Å². The van der Waals surface area contributed by atoms with Gasteiger partial charge in [-0.2, -0.15) is 5.10 Å². The van der Waals surface area contributed by atoms with Gasteiger partial charge in [0.15, 0.2) is 0 Å². The summed E-state index contributed by atoms with van der Waals surface area (Å²) in [4.78, 5) is 24.1. The van der Waals surface area contributed by atoms with E-state index in [1.54, 1.807) is 31.2 Å². The summed E-state index contributed by atoms with van der Waals surface area (Å²) in [5.41, 5.74) is 6.25. The lowest BCUT2D eigenvalue weighted by molar-refractivity contribution is -0.115. The first-order valence-electron chi connectivity index (χ1n) is 7.82. The Labute approximate surface area is 152 Å². The standard InChI is InChI=1S/C19H20ClN3O2/c1-12-6-4-9-17(14(12)3)21-18(24)10-13(2)22-23-19(25)15-7-5-8-16(20)11-15/h4-9,11H,10H2,1-3H3,(H,21,24)(H,23,25)/b22-13-. The molecule has 2 rings (SSSR count). The van der Waals surface area contributed by atoms with Gasteiger partial charge in [0.2, 0.25) is 5.91 Å². The van der Waals surface area contributed by atoms with Gasteiger partial charge in [0, 0.05) is 22.0 Å². The van der Waals surface area contributed by atoms with Gasteiger partial charge < -0.3 is 5.32 Å². The lowest BCUT2D eigenvalue weighted by Gasteiger charge is -2.10. The first-order chi connectivity index (χ1) is 11.9. The summed E-state index contributed by atoms with van der Waals surface area (Å²) in [5.74, 6) is -0.566. The molecule has 130 valence electrons. The summed E-state index contributed by atoms with van der Waals surface area (Å²) in [6, 6.07) is 12.3. The molecule has 0 atom stereocenters. The minimum Gasteiger partial charge on any atom is -0.326 e. The minimum atomic E-state index is -0.378. The third-order valence-corrected chi connectivity index (χ3v) is 3.97. The molecular weight excluding hydrogens is 338 g/mol. The van der Waals surface area contributed by atoms with E-state index < -0.39 is 0 Å². The summed E-state index contributed by atoms with van der Waals surface area (Å²) in [5, 5.41) is 7.30. The van der Waals surface area contributed by atoms with Crippen LogP contribution in [0.3, 0.4) is 0 Å². The highest BCUT2D eigenvalue weighted by atomic mass is 35.5. The number of carbonyl (C=O) groups is 2. The van der Waals surface area contributed by atoms with Crippen molar-refractivity contribution in [1.29, 1.82) is 0 Å². The van der Waals surface area contributed by atoms with E-state index in [-0.39, 0.29) is 18.2 Å². The van der Waals surface area contributed by atoms with E-state index in [9.17, 15) is 9.59 Å². The van der Waals surface area contributed by atoms with E-state index in [1.807, 2.05) is 32.0 Å². The molecule has 0 spiro atoms. The smallest absolute Gasteiger partial charge is 0.271 e. The maximum atomic E-state index is 12.1. The number of aryl methyl sites for hydroxylation is 1. The van der Waals surface area contributed by atoms with Gasteiger partial charge >= 0.3 is 0 Å². The Kier molecular flexibility index (Phi) is 6.31. The van der Waals surface area contributed by atoms with E-state index >= 15 is 0 Å². The van der Waals surface area contributed by atoms with Crippen LogP contribution in [0.15, 0.2) is 47.6 Å². The first-order valence-corrected chi connectivity index (χ1v) is 8.19. The summed E-state index contributed by atoms with van der Waals surface area (Å²) >= 11 is 5.85. The zero-order valence-electron chi connectivity index (χ0n) is 14.4. The molecule has 0 saturated carbocycles. The van der Waals surface area contributed by atoms with Crippen molar-refractivity contribution in [3.05, 3.63) is 64.2 Å². The molecule has 0 aliphatic heterocycles. The highest BCUT2D eigenvalue weighted by molar-refractivity contribution is 6.30. The molecule has 0 aliphatic rings. The molecule has 2 aromatic rings. The molecule has 25 heavy (non-hydrogen) atoms. The van der Waals surface area contributed by atoms with E-state index in [4.69, 9.17) is 11.6 Å². The third-order valence-electron chi connectivity index (χ3n) is 3.73. The summed E-state index contributed by atoms with van der Waals surface area (Å²) < 4.78 is 0. The van der Waals surface area contributed by atoms with E-state index in [0.717, 1.165) is 16.8 Å². The second kappa shape index (κ2) is 8.44. The molecule has 0 unspecified atom stereocenters. The van der Waals surface area contributed by atoms with Crippen molar-refractivity contribution in [2.75, 3.05) is 5.32 Å². The van der Waals surface area contributed by atoms with Gasteiger partial charge in [-0.3, -0.25) is 9.59 Å². The van der Waals surface area contributed by atoms with Crippen LogP contribution < -0.4 is 10.7 Å². The van der Waals surface area contributed by atoms with Crippen LogP contribution in [0.25, 0.3) is 0 Å². The van der Waals surface area contributed by atoms with Crippen molar-refractivity contribution in [3.63, 3.8) is 0 Å². The molecule has 2 N–H and O–H groups in total. The molecule has 0 fully saturated rings. The number of anilines is 1. The van der Waals surface area contributed by atoms with Crippen molar-refractivity contribution >= 4 is 34.8 Å². The molecule has 2 aromatic carbocycles. The zero-order valence-corrected chi connectivity index (χ0v) is 15.1. The summed E-state index contributed by atoms with van der Waals surface area (Å²) in [6.45, 7) is 5.63. The van der Waals surface area contributed by atoms with Crippen LogP contribution in [0.2, 0.25) is 5.02 Å². The van der Waals surface area contributed by atoms with Gasteiger partial charge in [-0.25, -0.2) is 5.43 Å². The van der Waals surface area contributed by atoms with Crippen LogP contribution in [0, 0.1) is 13.8 Å². The Balaban J connectivity index is 1.93. The number of hydrazone groups is 1. The van der Waals surface area contributed by atoms with Crippen LogP contribution in [0.5, 0.6) is 0 Å². The molecule has 0 radical (unpaired) electrons. The highest BCUT2D eigenvalue weighted by Gasteiger charge is 2.09. The van der Waals surface area contributed by atoms with E-state index in [1.165, 1.54) is 0 Å². The predicted octanol–water partition coefficient (Wildman–Crippen LogP) is 4.09. The molecule has 2 amide bonds. The lowest BCUT2D eigenvalue weighted by Crippen LogP contribution is -2.21. The van der Waals surface area contributed by atoms with E-state index in [0.29, 0.717) is 16.3 Å². The van der Waals surface area contributed by atoms with Crippen LogP contribution >= 0.6 is 11.6 Å². The Morgan fingerprint density at radius 3 is 2.56 bits per heavy atom. The summed E-state index contributed by atoms with van der Waals surface area (Å²) in [6.07, 6.45) is 0.0865. The van der Waals surface area contributed by atoms with E-state index in [2.05, 4.69) is 15.8 Å². The maximum absolute atomic E-state index is 12.1. The highest BCUT2D eigenvalue weighted by Crippen LogP contribution is 2.18. The molecule has 5 nitrogen and oxygen atoms in total. The monoisotopic (exact) mass is 357 g/mol. The van der Waals surface area contributed by atoms with Crippen LogP contribution in [0.4, 0.5) is 5.69 Å². The number of hydrogen-bond donors (Lipinski definition) is 2. The number of halogens is 1. The first kappa shape index (κ1) is 18.7. The minimum absolute atomic E-state index is 0.0865. The Hall–Kier alpha value is -2.66. The van der Waals surface area contributed by atoms with Gasteiger partial charge in [0.1, 0.15) is 0 Å². The van der Waals surface area contributed by atoms with Gasteiger partial charge in [-0.05, 0) is 56.2 Å². The van der Waals surface area contributed by atoms with Crippen molar-refractivity contribution in [2.24, 2.45) is 5.10 Å². The Morgan fingerprint density at radius 1 is 1.12 bits per heavy atom. The number of hydrogen-bond acceptors (Lipinski definition) is 3. The average Bonchev–Trinajstić information content (AvgIpc) is 2.56. The Morgan fingerprint density at radius 2 is 1.84 bits per heavy atom. The number of nitrogens with zero attached hydrogens (tertiary/aromatic N) is 1. The van der Waals surface area contributed by atoms with Crippen LogP contribution in [0.1, 0.15) is 34.8 Å². The molecular formula is C19H20ClN3O2. The molecule has 0 aliphatic carbocycles. The number of amides is 2.